The van der Waals surface area contributed by atoms with Gasteiger partial charge in [0.25, 0.3) is 0 Å². The van der Waals surface area contributed by atoms with E-state index in [2.05, 4.69) is 24.6 Å². The number of hydrogen-bond donors (Lipinski definition) is 5. The number of aliphatic hydroxyl groups is 3. The van der Waals surface area contributed by atoms with Crippen LogP contribution in [0.4, 0.5) is 15.4 Å². The number of anilines is 1. The molecule has 20 nitrogen and oxygen atoms in total. The summed E-state index contributed by atoms with van der Waals surface area (Å²) in [5, 5.41) is 40.3. The van der Waals surface area contributed by atoms with Crippen molar-refractivity contribution in [2.75, 3.05) is 51.9 Å². The van der Waals surface area contributed by atoms with E-state index in [9.17, 15) is 43.2 Å². The van der Waals surface area contributed by atoms with Gasteiger partial charge in [-0.3, -0.25) is 9.55 Å². The summed E-state index contributed by atoms with van der Waals surface area (Å²) in [6, 6.07) is 4.40. The zero-order valence-electron chi connectivity index (χ0n) is 30.3. The lowest BCUT2D eigenvalue weighted by Gasteiger charge is -2.38. The Morgan fingerprint density at radius 2 is 1.69 bits per heavy atom. The molecule has 1 aliphatic carbocycles. The number of hydrogen-bond acceptors (Lipinski definition) is 15. The lowest BCUT2D eigenvalue weighted by atomic mass is 9.86. The summed E-state index contributed by atoms with van der Waals surface area (Å²) in [7, 11) is 3.14. The largest absolute Gasteiger partial charge is 0.479 e. The maximum Gasteiger partial charge on any atom is 0.409 e. The number of ether oxygens (including phenoxy) is 3. The van der Waals surface area contributed by atoms with Crippen LogP contribution in [0.5, 0.6) is 5.75 Å². The summed E-state index contributed by atoms with van der Waals surface area (Å²) >= 11 is 0. The quantitative estimate of drug-likeness (QED) is 0.151. The number of likely N-dealkylation sites (N-methyl/N-ethyl adjacent to an activating group) is 2. The van der Waals surface area contributed by atoms with E-state index in [1.165, 1.54) is 53.1 Å². The molecule has 54 heavy (non-hydrogen) atoms. The van der Waals surface area contributed by atoms with Gasteiger partial charge in [0, 0.05) is 52.7 Å². The fraction of sp³-hybridized carbons (Fsp3) is 0.576. The zero-order chi connectivity index (χ0) is 39.3. The number of carboxylic acid groups (broad SMARTS) is 1. The molecule has 1 saturated carbocycles. The number of amides is 2. The van der Waals surface area contributed by atoms with Gasteiger partial charge in [0.2, 0.25) is 16.3 Å². The van der Waals surface area contributed by atoms with Crippen LogP contribution in [0, 0.1) is 5.92 Å². The number of aromatic nitrogens is 4. The number of carbonyl (C=O) groups is 3. The Hall–Kier alpha value is -4.67. The highest BCUT2D eigenvalue weighted by Crippen LogP contribution is 2.33. The Balaban J connectivity index is 1.14. The molecule has 0 radical (unpaired) electrons. The van der Waals surface area contributed by atoms with Crippen molar-refractivity contribution in [1.82, 2.24) is 34.0 Å². The van der Waals surface area contributed by atoms with Crippen molar-refractivity contribution in [3.05, 3.63) is 42.6 Å². The van der Waals surface area contributed by atoms with Crippen LogP contribution in [-0.4, -0.2) is 160 Å². The molecule has 3 aromatic heterocycles. The predicted octanol–water partition coefficient (Wildman–Crippen LogP) is -0.190. The molecule has 5 atom stereocenters. The fourth-order valence-electron chi connectivity index (χ4n) is 6.46. The van der Waals surface area contributed by atoms with Crippen molar-refractivity contribution in [3.63, 3.8) is 0 Å². The van der Waals surface area contributed by atoms with Gasteiger partial charge in [0.05, 0.1) is 11.1 Å². The van der Waals surface area contributed by atoms with Crippen LogP contribution in [0.25, 0.3) is 11.0 Å². The second kappa shape index (κ2) is 17.2. The van der Waals surface area contributed by atoms with Gasteiger partial charge in [-0.05, 0) is 56.8 Å². The van der Waals surface area contributed by atoms with Gasteiger partial charge in [-0.2, -0.15) is 0 Å². The molecule has 1 aliphatic heterocycles. The minimum atomic E-state index is -3.28. The number of aliphatic hydroxyl groups excluding tert-OH is 3. The first kappa shape index (κ1) is 40.5. The first-order valence-corrected chi connectivity index (χ1v) is 18.9. The summed E-state index contributed by atoms with van der Waals surface area (Å²) in [5.41, 5.74) is 0.503. The van der Waals surface area contributed by atoms with Gasteiger partial charge in [-0.25, -0.2) is 37.5 Å². The molecular weight excluding hydrogens is 732 g/mol. The number of carbonyl (C=O) groups excluding carboxylic acids is 2. The second-order valence-corrected chi connectivity index (χ2v) is 15.3. The minimum Gasteiger partial charge on any atom is -0.479 e. The van der Waals surface area contributed by atoms with E-state index >= 15 is 0 Å². The van der Waals surface area contributed by atoms with Crippen LogP contribution in [-0.2, 0) is 30.9 Å². The molecule has 5 N–H and O–H groups in total. The molecule has 2 fully saturated rings. The average molecular weight is 779 g/mol. The molecule has 4 heterocycles. The zero-order valence-corrected chi connectivity index (χ0v) is 31.1. The van der Waals surface area contributed by atoms with Crippen molar-refractivity contribution in [1.29, 1.82) is 0 Å². The molecule has 296 valence electrons. The molecule has 0 spiro atoms. The number of carboxylic acids is 1. The van der Waals surface area contributed by atoms with E-state index in [1.807, 2.05) is 7.05 Å². The number of rotatable bonds is 13. The Kier molecular flexibility index (Phi) is 12.9. The molecule has 3 aromatic rings. The molecular formula is C33H46N8O12S. The Morgan fingerprint density at radius 1 is 0.981 bits per heavy atom. The fourth-order valence-corrected chi connectivity index (χ4v) is 7.58. The lowest BCUT2D eigenvalue weighted by Crippen LogP contribution is -2.61. The van der Waals surface area contributed by atoms with E-state index in [0.29, 0.717) is 16.9 Å². The van der Waals surface area contributed by atoms with Crippen LogP contribution in [0.3, 0.4) is 0 Å². The number of fused-ring (bicyclic) bond motifs is 1. The van der Waals surface area contributed by atoms with Gasteiger partial charge in [0.15, 0.2) is 11.8 Å². The van der Waals surface area contributed by atoms with Crippen LogP contribution in [0.15, 0.2) is 36.9 Å². The van der Waals surface area contributed by atoms with Gasteiger partial charge in [-0.15, -0.1) is 0 Å². The summed E-state index contributed by atoms with van der Waals surface area (Å²) in [4.78, 5) is 55.5. The first-order valence-electron chi connectivity index (χ1n) is 17.2. The van der Waals surface area contributed by atoms with Crippen molar-refractivity contribution in [2.45, 2.75) is 69.0 Å². The molecule has 0 unspecified atom stereocenters. The van der Waals surface area contributed by atoms with E-state index in [-0.39, 0.29) is 42.2 Å². The van der Waals surface area contributed by atoms with Crippen molar-refractivity contribution < 1.29 is 57.4 Å². The topological polar surface area (TPSA) is 259 Å². The van der Waals surface area contributed by atoms with Crippen molar-refractivity contribution in [3.8, 4) is 5.75 Å². The van der Waals surface area contributed by atoms with E-state index in [0.717, 1.165) is 25.7 Å². The second-order valence-electron chi connectivity index (χ2n) is 13.4. The highest BCUT2D eigenvalue weighted by atomic mass is 32.2. The highest BCUT2D eigenvalue weighted by molar-refractivity contribution is 7.89. The Morgan fingerprint density at radius 3 is 2.37 bits per heavy atom. The number of nitrogens with zero attached hydrogens (tertiary/aromatic N) is 7. The van der Waals surface area contributed by atoms with E-state index in [1.54, 1.807) is 19.3 Å². The summed E-state index contributed by atoms with van der Waals surface area (Å²) in [6.45, 7) is -0.176. The maximum atomic E-state index is 13.5. The van der Waals surface area contributed by atoms with Crippen molar-refractivity contribution in [2.24, 2.45) is 5.92 Å². The molecule has 21 heteroatoms. The monoisotopic (exact) mass is 778 g/mol. The predicted molar refractivity (Wildman–Crippen MR) is 190 cm³/mol. The van der Waals surface area contributed by atoms with Gasteiger partial charge in [0.1, 0.15) is 48.5 Å². The van der Waals surface area contributed by atoms with Crippen molar-refractivity contribution >= 4 is 45.0 Å². The van der Waals surface area contributed by atoms with Gasteiger partial charge < -0.3 is 49.3 Å². The summed E-state index contributed by atoms with van der Waals surface area (Å²) < 4.78 is 43.9. The third-order valence-corrected chi connectivity index (χ3v) is 11.3. The molecule has 0 aromatic carbocycles. The van der Waals surface area contributed by atoms with Gasteiger partial charge >= 0.3 is 18.1 Å². The summed E-state index contributed by atoms with van der Waals surface area (Å²) in [6.07, 6.45) is -2.33. The molecule has 0 bridgehead atoms. The molecule has 2 amide bonds. The normalized spacial score (nSPS) is 24.5. The van der Waals surface area contributed by atoms with Crippen LogP contribution < -0.4 is 14.4 Å². The molecule has 2 aliphatic rings. The van der Waals surface area contributed by atoms with Crippen LogP contribution >= 0.6 is 0 Å². The maximum absolute atomic E-state index is 13.5. The SMILES string of the molecule is CNS(=O)(=O)CC1CCC(N(C)c2ncnc3c2ccn3C(=O)N(C)CCN(C)C(=O)OCc2ncccc2O[C@@H]2O[C@H](C(=O)O)[C@@H](O)[C@H](O)[C@H]2O)CC1. The van der Waals surface area contributed by atoms with Crippen LogP contribution in [0.2, 0.25) is 0 Å². The smallest absolute Gasteiger partial charge is 0.409 e. The third-order valence-electron chi connectivity index (χ3n) is 9.78. The average Bonchev–Trinajstić information content (AvgIpc) is 3.60. The third kappa shape index (κ3) is 9.16. The highest BCUT2D eigenvalue weighted by Gasteiger charge is 2.48. The molecule has 1 saturated heterocycles. The Bertz CT molecular complexity index is 1910. The number of pyridine rings is 1. The number of aliphatic carboxylic acids is 1. The van der Waals surface area contributed by atoms with Crippen LogP contribution in [0.1, 0.15) is 31.4 Å². The minimum absolute atomic E-state index is 0.0302. The molecule has 5 rings (SSSR count). The number of nitrogens with one attached hydrogen (secondary N) is 1. The lowest BCUT2D eigenvalue weighted by molar-refractivity contribution is -0.271. The van der Waals surface area contributed by atoms with Gasteiger partial charge in [-0.1, -0.05) is 0 Å². The standard InChI is InChI=1S/C33H46N8O12S/c1-34-54(49,50)17-19-7-9-20(10-8-19)40(4)28-21-11-13-41(29(21)37-18-36-28)32(47)38(2)14-15-39(3)33(48)51-16-22-23(6-5-12-35-22)52-31-26(44)24(42)25(43)27(53-31)30(45)46/h5-6,11-13,18-20,24-27,31,34,42-44H,7-10,14-17H2,1-4H3,(H,45,46)/t19?,20?,24-,25-,26+,27-,31+/m0/s1. The van der Waals surface area contributed by atoms with E-state index < -0.39 is 65.4 Å². The van der Waals surface area contributed by atoms with E-state index in [4.69, 9.17) is 14.2 Å². The number of sulfonamides is 1. The first-order chi connectivity index (χ1) is 25.6. The Labute approximate surface area is 311 Å². The summed E-state index contributed by atoms with van der Waals surface area (Å²) in [5.74, 6) is -0.745.